The van der Waals surface area contributed by atoms with Crippen LogP contribution in [-0.2, 0) is 4.74 Å². The first-order valence-corrected chi connectivity index (χ1v) is 7.96. The molecule has 1 rings (SSSR count). The highest BCUT2D eigenvalue weighted by Crippen LogP contribution is 2.18. The molecule has 5 nitrogen and oxygen atoms in total. The maximum absolute atomic E-state index is 12.2. The van der Waals surface area contributed by atoms with Crippen LogP contribution in [0.4, 0.5) is 4.79 Å². The molecule has 1 aliphatic rings. The molecule has 0 saturated heterocycles. The third-order valence-electron chi connectivity index (χ3n) is 3.51. The molecule has 0 aliphatic carbocycles. The smallest absolute Gasteiger partial charge is 0.410 e. The van der Waals surface area contributed by atoms with Crippen molar-refractivity contribution in [3.8, 4) is 0 Å². The SMILES string of the molecule is C=CC1=C(C=C)N=C(CCN(CC)C(=O)OC(C)(C)C)N(C)C1. The molecule has 0 atom stereocenters. The molecule has 23 heavy (non-hydrogen) atoms. The zero-order valence-corrected chi connectivity index (χ0v) is 15.1. The van der Waals surface area contributed by atoms with E-state index in [2.05, 4.69) is 23.1 Å². The van der Waals surface area contributed by atoms with Crippen LogP contribution in [0.1, 0.15) is 34.1 Å². The molecule has 0 aromatic heterocycles. The lowest BCUT2D eigenvalue weighted by Crippen LogP contribution is -2.40. The third kappa shape index (κ3) is 5.58. The molecule has 0 aromatic rings. The molecule has 0 unspecified atom stereocenters. The van der Waals surface area contributed by atoms with Crippen LogP contribution < -0.4 is 0 Å². The van der Waals surface area contributed by atoms with Gasteiger partial charge in [0.15, 0.2) is 0 Å². The van der Waals surface area contributed by atoms with Gasteiger partial charge in [-0.05, 0) is 39.3 Å². The predicted octanol–water partition coefficient (Wildman–Crippen LogP) is 3.60. The molecular weight excluding hydrogens is 290 g/mol. The summed E-state index contributed by atoms with van der Waals surface area (Å²) in [6.45, 7) is 17.1. The Bertz CT molecular complexity index is 527. The minimum atomic E-state index is -0.485. The lowest BCUT2D eigenvalue weighted by atomic mass is 10.1. The topological polar surface area (TPSA) is 45.1 Å². The summed E-state index contributed by atoms with van der Waals surface area (Å²) in [5.41, 5.74) is 1.43. The van der Waals surface area contributed by atoms with Gasteiger partial charge in [0.1, 0.15) is 11.4 Å². The van der Waals surface area contributed by atoms with Crippen molar-refractivity contribution in [1.29, 1.82) is 0 Å². The van der Waals surface area contributed by atoms with Crippen LogP contribution >= 0.6 is 0 Å². The van der Waals surface area contributed by atoms with E-state index in [0.29, 0.717) is 19.5 Å². The highest BCUT2D eigenvalue weighted by molar-refractivity contribution is 5.85. The van der Waals surface area contributed by atoms with E-state index in [1.54, 1.807) is 11.0 Å². The number of ether oxygens (including phenoxy) is 1. The van der Waals surface area contributed by atoms with Crippen molar-refractivity contribution in [2.24, 2.45) is 4.99 Å². The lowest BCUT2D eigenvalue weighted by molar-refractivity contribution is 0.0264. The van der Waals surface area contributed by atoms with Crippen LogP contribution in [-0.4, -0.2) is 54.0 Å². The van der Waals surface area contributed by atoms with Crippen LogP contribution in [0, 0.1) is 0 Å². The monoisotopic (exact) mass is 319 g/mol. The van der Waals surface area contributed by atoms with Crippen molar-refractivity contribution in [3.63, 3.8) is 0 Å². The number of rotatable bonds is 6. The van der Waals surface area contributed by atoms with Crippen LogP contribution in [0.25, 0.3) is 0 Å². The fraction of sp³-hybridized carbons (Fsp3) is 0.556. The summed E-state index contributed by atoms with van der Waals surface area (Å²) >= 11 is 0. The number of allylic oxidation sites excluding steroid dienone is 1. The van der Waals surface area contributed by atoms with Crippen molar-refractivity contribution in [3.05, 3.63) is 36.6 Å². The minimum Gasteiger partial charge on any atom is -0.444 e. The van der Waals surface area contributed by atoms with Crippen molar-refractivity contribution in [2.75, 3.05) is 26.7 Å². The number of hydrogen-bond donors (Lipinski definition) is 0. The van der Waals surface area contributed by atoms with Crippen LogP contribution in [0.15, 0.2) is 41.6 Å². The van der Waals surface area contributed by atoms with E-state index < -0.39 is 5.60 Å². The molecule has 0 N–H and O–H groups in total. The number of amidine groups is 1. The molecule has 0 bridgehead atoms. The zero-order chi connectivity index (χ0) is 17.6. The molecule has 0 saturated carbocycles. The number of aliphatic imine (C=N–C) groups is 1. The van der Waals surface area contributed by atoms with Gasteiger partial charge >= 0.3 is 6.09 Å². The molecule has 5 heteroatoms. The van der Waals surface area contributed by atoms with Gasteiger partial charge in [0, 0.05) is 33.1 Å². The second kappa shape index (κ2) is 7.99. The summed E-state index contributed by atoms with van der Waals surface area (Å²) in [7, 11) is 1.99. The molecule has 0 aromatic carbocycles. The van der Waals surface area contributed by atoms with E-state index in [9.17, 15) is 4.79 Å². The van der Waals surface area contributed by atoms with Gasteiger partial charge in [-0.25, -0.2) is 9.79 Å². The summed E-state index contributed by atoms with van der Waals surface area (Å²) in [5, 5.41) is 0. The summed E-state index contributed by atoms with van der Waals surface area (Å²) < 4.78 is 5.43. The molecule has 1 heterocycles. The Morgan fingerprint density at radius 3 is 2.52 bits per heavy atom. The summed E-state index contributed by atoms with van der Waals surface area (Å²) in [6.07, 6.45) is 3.94. The molecule has 0 spiro atoms. The maximum atomic E-state index is 12.2. The highest BCUT2D eigenvalue weighted by atomic mass is 16.6. The fourth-order valence-corrected chi connectivity index (χ4v) is 2.26. The van der Waals surface area contributed by atoms with Gasteiger partial charge in [0.05, 0.1) is 5.70 Å². The Morgan fingerprint density at radius 2 is 2.04 bits per heavy atom. The quantitative estimate of drug-likeness (QED) is 0.751. The number of carbonyl (C=O) groups is 1. The Hall–Kier alpha value is -2.04. The average molecular weight is 319 g/mol. The van der Waals surface area contributed by atoms with Crippen LogP contribution in [0.3, 0.4) is 0 Å². The first-order valence-electron chi connectivity index (χ1n) is 7.96. The van der Waals surface area contributed by atoms with Gasteiger partial charge in [-0.15, -0.1) is 0 Å². The van der Waals surface area contributed by atoms with Gasteiger partial charge < -0.3 is 14.5 Å². The Labute approximate surface area is 140 Å². The second-order valence-corrected chi connectivity index (χ2v) is 6.51. The van der Waals surface area contributed by atoms with Gasteiger partial charge in [-0.2, -0.15) is 0 Å². The molecule has 0 radical (unpaired) electrons. The standard InChI is InChI=1S/C18H29N3O2/c1-8-14-13-20(7)16(19-15(14)9-2)11-12-21(10-3)17(22)23-18(4,5)6/h8-9H,1-2,10-13H2,3-7H3. The van der Waals surface area contributed by atoms with Crippen molar-refractivity contribution < 1.29 is 9.53 Å². The number of hydrogen-bond acceptors (Lipinski definition) is 4. The Morgan fingerprint density at radius 1 is 1.39 bits per heavy atom. The van der Waals surface area contributed by atoms with E-state index in [4.69, 9.17) is 4.74 Å². The van der Waals surface area contributed by atoms with Crippen LogP contribution in [0.5, 0.6) is 0 Å². The molecule has 1 aliphatic heterocycles. The number of carbonyl (C=O) groups excluding carboxylic acids is 1. The zero-order valence-electron chi connectivity index (χ0n) is 15.1. The Balaban J connectivity index is 2.77. The molecule has 128 valence electrons. The van der Waals surface area contributed by atoms with Gasteiger partial charge in [-0.3, -0.25) is 0 Å². The largest absolute Gasteiger partial charge is 0.444 e. The summed E-state index contributed by atoms with van der Waals surface area (Å²) in [5.74, 6) is 0.938. The first-order chi connectivity index (χ1) is 10.7. The van der Waals surface area contributed by atoms with Crippen molar-refractivity contribution in [2.45, 2.75) is 39.7 Å². The van der Waals surface area contributed by atoms with E-state index >= 15 is 0 Å². The summed E-state index contributed by atoms with van der Waals surface area (Å²) in [6, 6.07) is 0. The highest BCUT2D eigenvalue weighted by Gasteiger charge is 2.22. The van der Waals surface area contributed by atoms with Crippen LogP contribution in [0.2, 0.25) is 0 Å². The third-order valence-corrected chi connectivity index (χ3v) is 3.51. The minimum absolute atomic E-state index is 0.287. The molecule has 1 amide bonds. The van der Waals surface area contributed by atoms with Gasteiger partial charge in [0.25, 0.3) is 0 Å². The first kappa shape index (κ1) is 19.0. The van der Waals surface area contributed by atoms with E-state index in [-0.39, 0.29) is 6.09 Å². The predicted molar refractivity (Wildman–Crippen MR) is 95.6 cm³/mol. The number of amides is 1. The van der Waals surface area contributed by atoms with E-state index in [0.717, 1.165) is 23.7 Å². The van der Waals surface area contributed by atoms with Gasteiger partial charge in [0.2, 0.25) is 0 Å². The Kier molecular flexibility index (Phi) is 6.61. The van der Waals surface area contributed by atoms with E-state index in [1.807, 2.05) is 40.8 Å². The fourth-order valence-electron chi connectivity index (χ4n) is 2.26. The van der Waals surface area contributed by atoms with Gasteiger partial charge in [-0.1, -0.05) is 19.2 Å². The molecule has 0 fully saturated rings. The van der Waals surface area contributed by atoms with Crippen molar-refractivity contribution >= 4 is 11.9 Å². The van der Waals surface area contributed by atoms with Crippen molar-refractivity contribution in [1.82, 2.24) is 9.80 Å². The van der Waals surface area contributed by atoms with E-state index in [1.165, 1.54) is 0 Å². The normalized spacial score (nSPS) is 15.2. The summed E-state index contributed by atoms with van der Waals surface area (Å²) in [4.78, 5) is 20.6. The number of likely N-dealkylation sites (N-methyl/N-ethyl adjacent to an activating group) is 1. The molecular formula is C18H29N3O2. The average Bonchev–Trinajstić information content (AvgIpc) is 2.46. The maximum Gasteiger partial charge on any atom is 0.410 e. The second-order valence-electron chi connectivity index (χ2n) is 6.51. The lowest BCUT2D eigenvalue weighted by Gasteiger charge is -2.30. The number of nitrogens with zero attached hydrogens (tertiary/aromatic N) is 3.